The van der Waals surface area contributed by atoms with E-state index in [9.17, 15) is 24.6 Å². The van der Waals surface area contributed by atoms with E-state index in [1.807, 2.05) is 0 Å². The average Bonchev–Trinajstić information content (AvgIpc) is 3.20. The zero-order chi connectivity index (χ0) is 19.7. The van der Waals surface area contributed by atoms with E-state index in [4.69, 9.17) is 10.5 Å². The Bertz CT molecular complexity index is 906. The van der Waals surface area contributed by atoms with Crippen LogP contribution in [0, 0.1) is 0 Å². The summed E-state index contributed by atoms with van der Waals surface area (Å²) in [5.74, 6) is -2.21. The number of aliphatic carboxylic acids is 2. The maximum atomic E-state index is 12.1. The van der Waals surface area contributed by atoms with E-state index >= 15 is 0 Å². The highest BCUT2D eigenvalue weighted by Crippen LogP contribution is 2.36. The summed E-state index contributed by atoms with van der Waals surface area (Å²) in [6.45, 7) is 0.106. The molecule has 1 aliphatic rings. The molecule has 1 saturated heterocycles. The number of carboxylic acid groups (broad SMARTS) is 2. The molecule has 1 amide bonds. The first kappa shape index (κ1) is 18.7. The van der Waals surface area contributed by atoms with Crippen LogP contribution < -0.4 is 10.5 Å². The normalized spacial score (nSPS) is 18.5. The van der Waals surface area contributed by atoms with Gasteiger partial charge in [-0.3, -0.25) is 19.3 Å². The minimum absolute atomic E-state index is 0.311. The summed E-state index contributed by atoms with van der Waals surface area (Å²) in [6.07, 6.45) is 2.68. The van der Waals surface area contributed by atoms with Crippen molar-refractivity contribution in [3.05, 3.63) is 30.0 Å². The number of carbonyl (C=O) groups is 3. The highest BCUT2D eigenvalue weighted by atomic mass is 16.5. The number of carbonyl (C=O) groups excluding carboxylic acids is 1. The second-order valence-corrected chi connectivity index (χ2v) is 6.53. The summed E-state index contributed by atoms with van der Waals surface area (Å²) >= 11 is 0. The number of rotatable bonds is 7. The minimum atomic E-state index is -1.12. The topological polar surface area (TPSA) is 135 Å². The molecular formula is C18H21N3O6. The van der Waals surface area contributed by atoms with Crippen molar-refractivity contribution in [2.24, 2.45) is 5.73 Å². The third-order valence-corrected chi connectivity index (χ3v) is 4.91. The third-order valence-electron chi connectivity index (χ3n) is 4.91. The SMILES string of the molecule is COc1ccc2c(c1)c([C@@H](C(=O)O)N1CCC[C@H]1C(N)=O)cn2CC(=O)O. The van der Waals surface area contributed by atoms with E-state index in [1.54, 1.807) is 23.1 Å². The van der Waals surface area contributed by atoms with Crippen molar-refractivity contribution in [2.45, 2.75) is 31.5 Å². The lowest BCUT2D eigenvalue weighted by Gasteiger charge is -2.28. The summed E-state index contributed by atoms with van der Waals surface area (Å²) in [7, 11) is 1.49. The van der Waals surface area contributed by atoms with Crippen LogP contribution in [0.25, 0.3) is 10.9 Å². The van der Waals surface area contributed by atoms with Crippen LogP contribution in [0.2, 0.25) is 0 Å². The Labute approximate surface area is 154 Å². The van der Waals surface area contributed by atoms with Gasteiger partial charge in [-0.25, -0.2) is 0 Å². The van der Waals surface area contributed by atoms with Gasteiger partial charge in [0.2, 0.25) is 5.91 Å². The molecule has 2 atom stereocenters. The van der Waals surface area contributed by atoms with Gasteiger partial charge >= 0.3 is 11.9 Å². The fourth-order valence-electron chi connectivity index (χ4n) is 3.78. The van der Waals surface area contributed by atoms with Crippen LogP contribution in [-0.4, -0.2) is 57.2 Å². The highest BCUT2D eigenvalue weighted by molar-refractivity contribution is 5.92. The number of likely N-dealkylation sites (tertiary alicyclic amines) is 1. The molecule has 144 valence electrons. The smallest absolute Gasteiger partial charge is 0.325 e. The molecule has 0 unspecified atom stereocenters. The molecule has 27 heavy (non-hydrogen) atoms. The van der Waals surface area contributed by atoms with Gasteiger partial charge in [0.15, 0.2) is 0 Å². The summed E-state index contributed by atoms with van der Waals surface area (Å²) in [5.41, 5.74) is 6.44. The zero-order valence-corrected chi connectivity index (χ0v) is 14.8. The predicted octanol–water partition coefficient (Wildman–Crippen LogP) is 0.810. The first-order chi connectivity index (χ1) is 12.8. The van der Waals surface area contributed by atoms with Crippen LogP contribution in [0.3, 0.4) is 0 Å². The molecule has 0 radical (unpaired) electrons. The fraction of sp³-hybridized carbons (Fsp3) is 0.389. The molecule has 2 aromatic rings. The van der Waals surface area contributed by atoms with Gasteiger partial charge in [0, 0.05) is 29.2 Å². The van der Waals surface area contributed by atoms with E-state index in [-0.39, 0.29) is 6.54 Å². The molecule has 0 saturated carbocycles. The van der Waals surface area contributed by atoms with Gasteiger partial charge in [-0.15, -0.1) is 0 Å². The van der Waals surface area contributed by atoms with Gasteiger partial charge in [0.05, 0.1) is 13.2 Å². The molecule has 9 nitrogen and oxygen atoms in total. The van der Waals surface area contributed by atoms with Crippen LogP contribution in [0.5, 0.6) is 5.75 Å². The number of hydrogen-bond donors (Lipinski definition) is 3. The molecular weight excluding hydrogens is 354 g/mol. The summed E-state index contributed by atoms with van der Waals surface area (Å²) in [5, 5.41) is 19.7. The van der Waals surface area contributed by atoms with E-state index in [0.717, 1.165) is 0 Å². The lowest BCUT2D eigenvalue weighted by molar-refractivity contribution is -0.144. The largest absolute Gasteiger partial charge is 0.497 e. The fourth-order valence-corrected chi connectivity index (χ4v) is 3.78. The highest BCUT2D eigenvalue weighted by Gasteiger charge is 2.40. The monoisotopic (exact) mass is 375 g/mol. The Morgan fingerprint density at radius 3 is 2.67 bits per heavy atom. The molecule has 0 spiro atoms. The van der Waals surface area contributed by atoms with Crippen molar-refractivity contribution >= 4 is 28.7 Å². The van der Waals surface area contributed by atoms with Crippen LogP contribution in [0.15, 0.2) is 24.4 Å². The zero-order valence-electron chi connectivity index (χ0n) is 14.8. The van der Waals surface area contributed by atoms with Gasteiger partial charge in [0.25, 0.3) is 0 Å². The minimum Gasteiger partial charge on any atom is -0.497 e. The molecule has 1 aromatic heterocycles. The number of carboxylic acids is 2. The number of nitrogens with zero attached hydrogens (tertiary/aromatic N) is 2. The van der Waals surface area contributed by atoms with Crippen molar-refractivity contribution in [1.82, 2.24) is 9.47 Å². The van der Waals surface area contributed by atoms with Crippen LogP contribution in [0.1, 0.15) is 24.4 Å². The average molecular weight is 375 g/mol. The second-order valence-electron chi connectivity index (χ2n) is 6.53. The number of nitrogens with two attached hydrogens (primary N) is 1. The quantitative estimate of drug-likeness (QED) is 0.651. The Hall–Kier alpha value is -3.07. The summed E-state index contributed by atoms with van der Waals surface area (Å²) < 4.78 is 6.72. The number of methoxy groups -OCH3 is 1. The lowest BCUT2D eigenvalue weighted by Crippen LogP contribution is -2.44. The molecule has 1 fully saturated rings. The number of primary amides is 1. The van der Waals surface area contributed by atoms with Gasteiger partial charge in [-0.05, 0) is 31.0 Å². The van der Waals surface area contributed by atoms with Crippen molar-refractivity contribution in [1.29, 1.82) is 0 Å². The van der Waals surface area contributed by atoms with Gasteiger partial charge < -0.3 is 25.3 Å². The van der Waals surface area contributed by atoms with Crippen LogP contribution in [0.4, 0.5) is 0 Å². The maximum Gasteiger partial charge on any atom is 0.325 e. The maximum absolute atomic E-state index is 12.1. The lowest BCUT2D eigenvalue weighted by atomic mass is 10.0. The number of ether oxygens (including phenoxy) is 1. The van der Waals surface area contributed by atoms with Crippen molar-refractivity contribution in [3.8, 4) is 5.75 Å². The molecule has 4 N–H and O–H groups in total. The van der Waals surface area contributed by atoms with Crippen molar-refractivity contribution < 1.29 is 29.3 Å². The number of fused-ring (bicyclic) bond motifs is 1. The van der Waals surface area contributed by atoms with Crippen LogP contribution >= 0.6 is 0 Å². The van der Waals surface area contributed by atoms with Crippen molar-refractivity contribution in [2.75, 3.05) is 13.7 Å². The van der Waals surface area contributed by atoms with Crippen LogP contribution in [-0.2, 0) is 20.9 Å². The predicted molar refractivity (Wildman–Crippen MR) is 95.4 cm³/mol. The Morgan fingerprint density at radius 2 is 2.07 bits per heavy atom. The summed E-state index contributed by atoms with van der Waals surface area (Å²) in [6, 6.07) is 3.26. The van der Waals surface area contributed by atoms with E-state index in [1.165, 1.54) is 17.9 Å². The van der Waals surface area contributed by atoms with E-state index < -0.39 is 29.9 Å². The Balaban J connectivity index is 2.18. The third kappa shape index (κ3) is 3.45. The molecule has 0 bridgehead atoms. The number of amides is 1. The first-order valence-electron chi connectivity index (χ1n) is 8.50. The number of aromatic nitrogens is 1. The molecule has 1 aromatic carbocycles. The molecule has 3 rings (SSSR count). The molecule has 2 heterocycles. The van der Waals surface area contributed by atoms with E-state index in [0.29, 0.717) is 41.6 Å². The molecule has 9 heteroatoms. The number of benzene rings is 1. The Kier molecular flexibility index (Phi) is 5.04. The molecule has 0 aliphatic carbocycles. The van der Waals surface area contributed by atoms with Crippen molar-refractivity contribution in [3.63, 3.8) is 0 Å². The van der Waals surface area contributed by atoms with Gasteiger partial charge in [0.1, 0.15) is 18.3 Å². The van der Waals surface area contributed by atoms with Gasteiger partial charge in [-0.1, -0.05) is 0 Å². The summed E-state index contributed by atoms with van der Waals surface area (Å²) in [4.78, 5) is 36.7. The Morgan fingerprint density at radius 1 is 1.33 bits per heavy atom. The number of hydrogen-bond acceptors (Lipinski definition) is 5. The molecule has 1 aliphatic heterocycles. The standard InChI is InChI=1S/C18H21N3O6/c1-27-10-4-5-13-11(7-10)12(8-20(13)9-15(22)23)16(18(25)26)21-6-2-3-14(21)17(19)24/h4-5,7-8,14,16H,2-3,6,9H2,1H3,(H2,19,24)(H,22,23)(H,25,26)/t14-,16-/m0/s1. The second kappa shape index (κ2) is 7.28. The van der Waals surface area contributed by atoms with E-state index in [2.05, 4.69) is 0 Å². The first-order valence-corrected chi connectivity index (χ1v) is 8.50. The van der Waals surface area contributed by atoms with Gasteiger partial charge in [-0.2, -0.15) is 0 Å².